The van der Waals surface area contributed by atoms with Crippen LogP contribution in [0.5, 0.6) is 5.75 Å². The monoisotopic (exact) mass is 329 g/mol. The van der Waals surface area contributed by atoms with Gasteiger partial charge in [-0.2, -0.15) is 4.68 Å². The van der Waals surface area contributed by atoms with Gasteiger partial charge in [0.05, 0.1) is 7.11 Å². The molecule has 2 aromatic rings. The van der Waals surface area contributed by atoms with Crippen molar-refractivity contribution in [2.24, 2.45) is 5.92 Å². The lowest BCUT2D eigenvalue weighted by atomic mass is 10.0. The van der Waals surface area contributed by atoms with Crippen molar-refractivity contribution < 1.29 is 9.53 Å². The van der Waals surface area contributed by atoms with Crippen molar-refractivity contribution in [1.29, 1.82) is 0 Å². The van der Waals surface area contributed by atoms with Crippen LogP contribution in [0.2, 0.25) is 0 Å². The fraction of sp³-hybridized carbons (Fsp3) is 0.529. The van der Waals surface area contributed by atoms with Gasteiger partial charge in [0, 0.05) is 18.2 Å². The van der Waals surface area contributed by atoms with Gasteiger partial charge in [0.2, 0.25) is 0 Å². The second-order valence-electron chi connectivity index (χ2n) is 6.57. The van der Waals surface area contributed by atoms with Crippen LogP contribution in [-0.2, 0) is 0 Å². The molecule has 1 aliphatic heterocycles. The van der Waals surface area contributed by atoms with E-state index >= 15 is 0 Å². The summed E-state index contributed by atoms with van der Waals surface area (Å²) in [5, 5.41) is 11.2. The zero-order valence-corrected chi connectivity index (χ0v) is 14.3. The first-order valence-corrected chi connectivity index (χ1v) is 8.32. The molecule has 3 rings (SSSR count). The lowest BCUT2D eigenvalue weighted by Crippen LogP contribution is -2.36. The Bertz CT molecular complexity index is 699. The number of benzene rings is 1. The zero-order valence-electron chi connectivity index (χ0n) is 14.3. The summed E-state index contributed by atoms with van der Waals surface area (Å²) in [5.74, 6) is 1.27. The van der Waals surface area contributed by atoms with E-state index in [1.54, 1.807) is 25.3 Å². The van der Waals surface area contributed by atoms with E-state index in [1.165, 1.54) is 11.0 Å². The largest absolute Gasteiger partial charge is 0.494 e. The lowest BCUT2D eigenvalue weighted by Gasteiger charge is -2.26. The molecule has 1 saturated heterocycles. The summed E-state index contributed by atoms with van der Waals surface area (Å²) in [5.41, 5.74) is 1.30. The molecule has 0 radical (unpaired) electrons. The highest BCUT2D eigenvalue weighted by Crippen LogP contribution is 2.28. The summed E-state index contributed by atoms with van der Waals surface area (Å²) in [7, 11) is 1.59. The standard InChI is InChI=1S/C17H23N5O2/c1-12(2)9-14-5-4-8-21(14)17(23)13-6-7-16(24-3)15(10-13)22-11-18-19-20-22/h6-7,10-12,14H,4-5,8-9H2,1-3H3. The van der Waals surface area contributed by atoms with Crippen molar-refractivity contribution in [3.8, 4) is 11.4 Å². The number of tetrazole rings is 1. The van der Waals surface area contributed by atoms with Crippen LogP contribution in [0.1, 0.15) is 43.5 Å². The van der Waals surface area contributed by atoms with Crippen molar-refractivity contribution in [2.75, 3.05) is 13.7 Å². The Balaban J connectivity index is 1.89. The average Bonchev–Trinajstić information content (AvgIpc) is 3.24. The van der Waals surface area contributed by atoms with Gasteiger partial charge in [-0.25, -0.2) is 0 Å². The minimum Gasteiger partial charge on any atom is -0.494 e. The second kappa shape index (κ2) is 6.98. The van der Waals surface area contributed by atoms with Gasteiger partial charge in [0.25, 0.3) is 5.91 Å². The van der Waals surface area contributed by atoms with Crippen LogP contribution in [-0.4, -0.2) is 50.7 Å². The molecule has 7 heteroatoms. The third-order valence-electron chi connectivity index (χ3n) is 4.40. The second-order valence-corrected chi connectivity index (χ2v) is 6.57. The Morgan fingerprint density at radius 3 is 2.92 bits per heavy atom. The molecule has 0 saturated carbocycles. The Morgan fingerprint density at radius 1 is 1.42 bits per heavy atom. The molecular formula is C17H23N5O2. The first-order chi connectivity index (χ1) is 11.6. The van der Waals surface area contributed by atoms with Crippen molar-refractivity contribution in [2.45, 2.75) is 39.2 Å². The molecule has 1 aromatic carbocycles. The molecule has 0 bridgehead atoms. The quantitative estimate of drug-likeness (QED) is 0.842. The number of aromatic nitrogens is 4. The molecule has 0 N–H and O–H groups in total. The number of amides is 1. The van der Waals surface area contributed by atoms with E-state index in [2.05, 4.69) is 29.4 Å². The molecule has 1 fully saturated rings. The number of hydrogen-bond acceptors (Lipinski definition) is 5. The molecule has 1 amide bonds. The molecule has 7 nitrogen and oxygen atoms in total. The maximum Gasteiger partial charge on any atom is 0.254 e. The van der Waals surface area contributed by atoms with E-state index in [0.29, 0.717) is 29.0 Å². The highest BCUT2D eigenvalue weighted by Gasteiger charge is 2.30. The Labute approximate surface area is 141 Å². The molecule has 1 unspecified atom stereocenters. The van der Waals surface area contributed by atoms with E-state index in [4.69, 9.17) is 4.74 Å². The summed E-state index contributed by atoms with van der Waals surface area (Å²) >= 11 is 0. The van der Waals surface area contributed by atoms with E-state index in [0.717, 1.165) is 25.8 Å². The maximum absolute atomic E-state index is 13.0. The van der Waals surface area contributed by atoms with Crippen LogP contribution in [0.4, 0.5) is 0 Å². The summed E-state index contributed by atoms with van der Waals surface area (Å²) in [4.78, 5) is 15.0. The minimum absolute atomic E-state index is 0.0649. The van der Waals surface area contributed by atoms with Gasteiger partial charge in [0.15, 0.2) is 0 Å². The van der Waals surface area contributed by atoms with Gasteiger partial charge in [-0.3, -0.25) is 4.79 Å². The van der Waals surface area contributed by atoms with Gasteiger partial charge in [-0.15, -0.1) is 5.10 Å². The minimum atomic E-state index is 0.0649. The third-order valence-corrected chi connectivity index (χ3v) is 4.40. The SMILES string of the molecule is COc1ccc(C(=O)N2CCCC2CC(C)C)cc1-n1cnnn1. The average molecular weight is 329 g/mol. The number of likely N-dealkylation sites (tertiary alicyclic amines) is 1. The molecule has 2 heterocycles. The van der Waals surface area contributed by atoms with Crippen LogP contribution in [0.25, 0.3) is 5.69 Å². The van der Waals surface area contributed by atoms with Crippen LogP contribution >= 0.6 is 0 Å². The molecule has 0 aliphatic carbocycles. The Kier molecular flexibility index (Phi) is 4.78. The fourth-order valence-electron chi connectivity index (χ4n) is 3.33. The lowest BCUT2D eigenvalue weighted by molar-refractivity contribution is 0.0722. The Hall–Kier alpha value is -2.44. The van der Waals surface area contributed by atoms with Crippen LogP contribution in [0.3, 0.4) is 0 Å². The molecule has 128 valence electrons. The van der Waals surface area contributed by atoms with Gasteiger partial charge in [0.1, 0.15) is 17.8 Å². The molecular weight excluding hydrogens is 306 g/mol. The van der Waals surface area contributed by atoms with E-state index in [-0.39, 0.29) is 5.91 Å². The van der Waals surface area contributed by atoms with Gasteiger partial charge >= 0.3 is 0 Å². The van der Waals surface area contributed by atoms with E-state index < -0.39 is 0 Å². The van der Waals surface area contributed by atoms with Crippen molar-refractivity contribution >= 4 is 5.91 Å². The Morgan fingerprint density at radius 2 is 2.25 bits per heavy atom. The van der Waals surface area contributed by atoms with Gasteiger partial charge in [-0.1, -0.05) is 13.8 Å². The number of carbonyl (C=O) groups excluding carboxylic acids is 1. The molecule has 1 atom stereocenters. The molecule has 0 spiro atoms. The third kappa shape index (κ3) is 3.25. The van der Waals surface area contributed by atoms with Crippen LogP contribution < -0.4 is 4.74 Å². The van der Waals surface area contributed by atoms with E-state index in [1.807, 2.05) is 4.90 Å². The van der Waals surface area contributed by atoms with Crippen molar-refractivity contribution in [3.63, 3.8) is 0 Å². The molecule has 1 aromatic heterocycles. The predicted octanol–water partition coefficient (Wildman–Crippen LogP) is 2.32. The number of nitrogens with zero attached hydrogens (tertiary/aromatic N) is 5. The van der Waals surface area contributed by atoms with Gasteiger partial charge in [-0.05, 0) is 53.8 Å². The number of methoxy groups -OCH3 is 1. The number of rotatable bonds is 5. The summed E-state index contributed by atoms with van der Waals surface area (Å²) in [6.45, 7) is 5.22. The highest BCUT2D eigenvalue weighted by molar-refractivity contribution is 5.95. The highest BCUT2D eigenvalue weighted by atomic mass is 16.5. The number of ether oxygens (including phenoxy) is 1. The fourth-order valence-corrected chi connectivity index (χ4v) is 3.33. The first kappa shape index (κ1) is 16.4. The van der Waals surface area contributed by atoms with Crippen molar-refractivity contribution in [1.82, 2.24) is 25.1 Å². The number of hydrogen-bond donors (Lipinski definition) is 0. The maximum atomic E-state index is 13.0. The number of carbonyl (C=O) groups is 1. The molecule has 24 heavy (non-hydrogen) atoms. The summed E-state index contributed by atoms with van der Waals surface area (Å²) in [6, 6.07) is 5.72. The van der Waals surface area contributed by atoms with Crippen LogP contribution in [0.15, 0.2) is 24.5 Å². The van der Waals surface area contributed by atoms with Gasteiger partial charge < -0.3 is 9.64 Å². The smallest absolute Gasteiger partial charge is 0.254 e. The molecule has 1 aliphatic rings. The van der Waals surface area contributed by atoms with E-state index in [9.17, 15) is 4.79 Å². The van der Waals surface area contributed by atoms with Crippen molar-refractivity contribution in [3.05, 3.63) is 30.1 Å². The van der Waals surface area contributed by atoms with Crippen LogP contribution in [0, 0.1) is 5.92 Å². The zero-order chi connectivity index (χ0) is 17.1. The summed E-state index contributed by atoms with van der Waals surface area (Å²) < 4.78 is 6.87. The first-order valence-electron chi connectivity index (χ1n) is 8.32. The summed E-state index contributed by atoms with van der Waals surface area (Å²) in [6.07, 6.45) is 4.68. The normalized spacial score (nSPS) is 17.5. The topological polar surface area (TPSA) is 73.1 Å². The predicted molar refractivity (Wildman–Crippen MR) is 89.2 cm³/mol.